The predicted octanol–water partition coefficient (Wildman–Crippen LogP) is 3.56. The number of H-pyrrole nitrogens is 1. The van der Waals surface area contributed by atoms with Gasteiger partial charge in [0.1, 0.15) is 11.5 Å². The zero-order valence-electron chi connectivity index (χ0n) is 14.5. The van der Waals surface area contributed by atoms with Crippen LogP contribution in [-0.2, 0) is 0 Å². The molecule has 7 nitrogen and oxygen atoms in total. The maximum atomic E-state index is 15.1. The number of halogens is 4. The summed E-state index contributed by atoms with van der Waals surface area (Å²) in [6.07, 6.45) is 6.46. The molecular formula is C17H13ClF3N7. The molecule has 4 aromatic rings. The molecule has 28 heavy (non-hydrogen) atoms. The Balaban J connectivity index is 1.71. The van der Waals surface area contributed by atoms with Gasteiger partial charge in [-0.05, 0) is 0 Å². The minimum atomic E-state index is -2.84. The number of alkyl halides is 2. The third kappa shape index (κ3) is 2.40. The van der Waals surface area contributed by atoms with Crippen molar-refractivity contribution >= 4 is 39.7 Å². The lowest BCUT2D eigenvalue weighted by Gasteiger charge is -2.40. The van der Waals surface area contributed by atoms with E-state index in [9.17, 15) is 8.78 Å². The van der Waals surface area contributed by atoms with Gasteiger partial charge >= 0.3 is 0 Å². The highest BCUT2D eigenvalue weighted by molar-refractivity contribution is 6.36. The first-order chi connectivity index (χ1) is 13.4. The molecular weight excluding hydrogens is 395 g/mol. The Kier molecular flexibility index (Phi) is 3.51. The van der Waals surface area contributed by atoms with Crippen molar-refractivity contribution < 1.29 is 13.2 Å². The Hall–Kier alpha value is -3.01. The van der Waals surface area contributed by atoms with Crippen molar-refractivity contribution in [2.24, 2.45) is 0 Å². The van der Waals surface area contributed by atoms with Crippen LogP contribution < -0.4 is 10.2 Å². The Morgan fingerprint density at radius 1 is 1.25 bits per heavy atom. The number of anilines is 2. The molecule has 5 rings (SSSR count). The summed E-state index contributed by atoms with van der Waals surface area (Å²) in [6.45, 7) is -1.14. The lowest BCUT2D eigenvalue weighted by molar-refractivity contribution is -0.0264. The van der Waals surface area contributed by atoms with Gasteiger partial charge < -0.3 is 14.6 Å². The van der Waals surface area contributed by atoms with E-state index in [-0.39, 0.29) is 10.7 Å². The Morgan fingerprint density at radius 3 is 2.75 bits per heavy atom. The average Bonchev–Trinajstić information content (AvgIpc) is 3.27. The fraction of sp³-hybridized carbons (Fsp3) is 0.235. The predicted molar refractivity (Wildman–Crippen MR) is 99.7 cm³/mol. The van der Waals surface area contributed by atoms with Crippen molar-refractivity contribution in [1.82, 2.24) is 24.6 Å². The minimum Gasteiger partial charge on any atom is -0.372 e. The van der Waals surface area contributed by atoms with E-state index < -0.39 is 24.8 Å². The summed E-state index contributed by atoms with van der Waals surface area (Å²) >= 11 is 6.34. The van der Waals surface area contributed by atoms with E-state index in [1.165, 1.54) is 11.1 Å². The molecule has 0 saturated carbocycles. The van der Waals surface area contributed by atoms with Gasteiger partial charge in [0.05, 0.1) is 47.9 Å². The molecule has 1 aromatic carbocycles. The van der Waals surface area contributed by atoms with E-state index in [1.807, 2.05) is 0 Å². The van der Waals surface area contributed by atoms with Crippen molar-refractivity contribution in [2.45, 2.75) is 5.92 Å². The summed E-state index contributed by atoms with van der Waals surface area (Å²) in [7, 11) is 1.75. The van der Waals surface area contributed by atoms with Gasteiger partial charge in [-0.1, -0.05) is 11.6 Å². The molecule has 1 aliphatic rings. The molecule has 3 aromatic heterocycles. The van der Waals surface area contributed by atoms with Gasteiger partial charge in [0, 0.05) is 24.2 Å². The number of hydrogen-bond acceptors (Lipinski definition) is 5. The van der Waals surface area contributed by atoms with Gasteiger partial charge in [0.2, 0.25) is 0 Å². The maximum absolute atomic E-state index is 15.1. The number of benzene rings is 1. The van der Waals surface area contributed by atoms with Crippen molar-refractivity contribution in [3.05, 3.63) is 35.6 Å². The van der Waals surface area contributed by atoms with E-state index in [2.05, 4.69) is 25.5 Å². The third-order valence-electron chi connectivity index (χ3n) is 4.78. The second-order valence-corrected chi connectivity index (χ2v) is 7.01. The number of nitrogens with zero attached hydrogens (tertiary/aromatic N) is 5. The molecule has 4 heterocycles. The van der Waals surface area contributed by atoms with Crippen molar-refractivity contribution in [2.75, 3.05) is 30.4 Å². The topological polar surface area (TPSA) is 74.1 Å². The van der Waals surface area contributed by atoms with Crippen LogP contribution in [0.2, 0.25) is 5.02 Å². The van der Waals surface area contributed by atoms with Crippen LogP contribution in [0.1, 0.15) is 0 Å². The summed E-state index contributed by atoms with van der Waals surface area (Å²) < 4.78 is 43.5. The molecule has 0 spiro atoms. The van der Waals surface area contributed by atoms with E-state index in [0.29, 0.717) is 33.6 Å². The van der Waals surface area contributed by atoms with Crippen LogP contribution in [0.25, 0.3) is 27.8 Å². The Labute approximate surface area is 161 Å². The van der Waals surface area contributed by atoms with Crippen LogP contribution in [0, 0.1) is 5.82 Å². The number of nitrogens with one attached hydrogen (secondary N) is 2. The smallest absolute Gasteiger partial charge is 0.282 e. The number of rotatable bonds is 3. The first kappa shape index (κ1) is 17.1. The van der Waals surface area contributed by atoms with Gasteiger partial charge in [-0.25, -0.2) is 18.2 Å². The monoisotopic (exact) mass is 407 g/mol. The zero-order chi connectivity index (χ0) is 19.6. The van der Waals surface area contributed by atoms with E-state index in [0.717, 1.165) is 0 Å². The van der Waals surface area contributed by atoms with Gasteiger partial charge in [0.15, 0.2) is 11.5 Å². The van der Waals surface area contributed by atoms with Gasteiger partial charge in [-0.3, -0.25) is 10.1 Å². The quantitative estimate of drug-likeness (QED) is 0.543. The molecule has 1 saturated heterocycles. The fourth-order valence-corrected chi connectivity index (χ4v) is 3.75. The second kappa shape index (κ2) is 5.74. The lowest BCUT2D eigenvalue weighted by Crippen LogP contribution is -2.56. The molecule has 11 heteroatoms. The van der Waals surface area contributed by atoms with Crippen LogP contribution >= 0.6 is 11.6 Å². The van der Waals surface area contributed by atoms with Crippen LogP contribution in [-0.4, -0.2) is 50.6 Å². The molecule has 0 radical (unpaired) electrons. The number of hydrogen-bond donors (Lipinski definition) is 2. The highest BCUT2D eigenvalue weighted by atomic mass is 35.5. The van der Waals surface area contributed by atoms with Crippen LogP contribution in [0.5, 0.6) is 0 Å². The largest absolute Gasteiger partial charge is 0.372 e. The second-order valence-electron chi connectivity index (χ2n) is 6.64. The normalized spacial score (nSPS) is 16.0. The Morgan fingerprint density at radius 2 is 2.04 bits per heavy atom. The molecule has 144 valence electrons. The molecule has 1 aliphatic heterocycles. The summed E-state index contributed by atoms with van der Waals surface area (Å²) in [5.74, 6) is -2.98. The average molecular weight is 408 g/mol. The molecule has 2 N–H and O–H groups in total. The highest BCUT2D eigenvalue weighted by Gasteiger charge is 2.46. The van der Waals surface area contributed by atoms with Crippen LogP contribution in [0.3, 0.4) is 0 Å². The molecule has 0 bridgehead atoms. The van der Waals surface area contributed by atoms with Gasteiger partial charge in [-0.15, -0.1) is 0 Å². The first-order valence-corrected chi connectivity index (χ1v) is 8.75. The van der Waals surface area contributed by atoms with Crippen molar-refractivity contribution in [1.29, 1.82) is 0 Å². The van der Waals surface area contributed by atoms with Gasteiger partial charge in [0.25, 0.3) is 5.92 Å². The number of aromatic amines is 1. The number of fused-ring (bicyclic) bond motifs is 2. The third-order valence-corrected chi connectivity index (χ3v) is 5.13. The molecule has 0 aliphatic carbocycles. The SMILES string of the molecule is CNc1cn2cc(-c3c(Cl)c(F)c(N4CC(F)(F)C4)c4[nH]ncc34)ncc2n1. The number of aromatic nitrogens is 5. The van der Waals surface area contributed by atoms with Crippen molar-refractivity contribution in [3.63, 3.8) is 0 Å². The summed E-state index contributed by atoms with van der Waals surface area (Å²) in [5, 5.41) is 9.90. The van der Waals surface area contributed by atoms with E-state index >= 15 is 4.39 Å². The summed E-state index contributed by atoms with van der Waals surface area (Å²) in [6, 6.07) is 0. The summed E-state index contributed by atoms with van der Waals surface area (Å²) in [4.78, 5) is 9.91. The number of imidazole rings is 1. The molecule has 0 unspecified atom stereocenters. The summed E-state index contributed by atoms with van der Waals surface area (Å²) in [5.41, 5.74) is 1.64. The lowest BCUT2D eigenvalue weighted by atomic mass is 10.0. The highest BCUT2D eigenvalue weighted by Crippen LogP contribution is 2.44. The van der Waals surface area contributed by atoms with Gasteiger partial charge in [-0.2, -0.15) is 5.10 Å². The zero-order valence-corrected chi connectivity index (χ0v) is 15.2. The van der Waals surface area contributed by atoms with E-state index in [4.69, 9.17) is 11.6 Å². The standard InChI is InChI=1S/C17H13ClF3N7/c1-22-10-5-27-4-9(23-3-11(27)25-10)12-8-2-24-26-15(8)16(14(19)13(12)18)28-6-17(20,21)7-28/h2-5,22H,6-7H2,1H3,(H,24,26). The molecule has 0 atom stereocenters. The first-order valence-electron chi connectivity index (χ1n) is 8.37. The van der Waals surface area contributed by atoms with Crippen LogP contribution in [0.15, 0.2) is 24.8 Å². The molecule has 1 fully saturated rings. The van der Waals surface area contributed by atoms with Crippen LogP contribution in [0.4, 0.5) is 24.7 Å². The molecule has 0 amide bonds. The Bertz CT molecular complexity index is 1220. The maximum Gasteiger partial charge on any atom is 0.282 e. The van der Waals surface area contributed by atoms with E-state index in [1.54, 1.807) is 30.0 Å². The fourth-order valence-electron chi connectivity index (χ4n) is 3.46. The minimum absolute atomic E-state index is 0.00615. The van der Waals surface area contributed by atoms with Crippen molar-refractivity contribution in [3.8, 4) is 11.3 Å².